The lowest BCUT2D eigenvalue weighted by molar-refractivity contribution is 0.0947. The van der Waals surface area contributed by atoms with Gasteiger partial charge < -0.3 is 14.8 Å². The number of aromatic nitrogens is 1. The van der Waals surface area contributed by atoms with E-state index in [-0.39, 0.29) is 17.5 Å². The van der Waals surface area contributed by atoms with E-state index in [1.54, 1.807) is 48.5 Å². The molecule has 33 heavy (non-hydrogen) atoms. The number of carbonyl (C=O) groups excluding carboxylic acids is 1. The topological polar surface area (TPSA) is 71.2 Å². The molecule has 1 heterocycles. The first-order valence-corrected chi connectivity index (χ1v) is 12.3. The Morgan fingerprint density at radius 1 is 1.09 bits per heavy atom. The average molecular weight is 485 g/mol. The quantitative estimate of drug-likeness (QED) is 0.361. The molecule has 0 aliphatic carbocycles. The molecular formula is C25H23ClFN2O3P. The second-order valence-electron chi connectivity index (χ2n) is 7.89. The van der Waals surface area contributed by atoms with Gasteiger partial charge >= 0.3 is 0 Å². The van der Waals surface area contributed by atoms with Crippen molar-refractivity contribution in [1.29, 1.82) is 0 Å². The molecule has 1 unspecified atom stereocenters. The highest BCUT2D eigenvalue weighted by Gasteiger charge is 2.36. The maximum Gasteiger partial charge on any atom is 0.268 e. The van der Waals surface area contributed by atoms with Gasteiger partial charge in [-0.2, -0.15) is 0 Å². The summed E-state index contributed by atoms with van der Waals surface area (Å²) in [6.45, 7) is 3.79. The van der Waals surface area contributed by atoms with Gasteiger partial charge in [0.25, 0.3) is 13.3 Å². The van der Waals surface area contributed by atoms with Crippen molar-refractivity contribution >= 4 is 46.4 Å². The predicted molar refractivity (Wildman–Crippen MR) is 131 cm³/mol. The Balaban J connectivity index is 1.86. The number of fused-ring (bicyclic) bond motifs is 1. The predicted octanol–water partition coefficient (Wildman–Crippen LogP) is 5.38. The van der Waals surface area contributed by atoms with Crippen LogP contribution in [0.3, 0.4) is 0 Å². The van der Waals surface area contributed by atoms with Gasteiger partial charge in [-0.25, -0.2) is 4.39 Å². The lowest BCUT2D eigenvalue weighted by Gasteiger charge is -2.19. The van der Waals surface area contributed by atoms with Crippen molar-refractivity contribution in [2.24, 2.45) is 0 Å². The lowest BCUT2D eigenvalue weighted by atomic mass is 10.2. The van der Waals surface area contributed by atoms with Gasteiger partial charge in [0, 0.05) is 40.4 Å². The molecule has 4 rings (SSSR count). The summed E-state index contributed by atoms with van der Waals surface area (Å²) in [4.78, 5) is 16.3. The summed E-state index contributed by atoms with van der Waals surface area (Å²) < 4.78 is 34.1. The van der Waals surface area contributed by atoms with Crippen LogP contribution in [0.15, 0.2) is 60.7 Å². The van der Waals surface area contributed by atoms with Gasteiger partial charge in [0.1, 0.15) is 11.5 Å². The summed E-state index contributed by atoms with van der Waals surface area (Å²) >= 11 is 6.24. The van der Waals surface area contributed by atoms with E-state index in [0.717, 1.165) is 11.1 Å². The molecule has 8 heteroatoms. The number of benzene rings is 3. The SMILES string of the molecule is COP(=O)(c1cc(C)cc(C)c1)c1c(C(=O)NCc2ccccc2F)[nH]c2ccc(Cl)cc12. The largest absolute Gasteiger partial charge is 0.350 e. The fourth-order valence-corrected chi connectivity index (χ4v) is 6.50. The summed E-state index contributed by atoms with van der Waals surface area (Å²) in [6.07, 6.45) is 0. The van der Waals surface area contributed by atoms with E-state index in [0.29, 0.717) is 26.8 Å². The van der Waals surface area contributed by atoms with Crippen molar-refractivity contribution in [3.8, 4) is 0 Å². The van der Waals surface area contributed by atoms with E-state index in [9.17, 15) is 13.8 Å². The molecule has 0 spiro atoms. The Kier molecular flexibility index (Phi) is 6.44. The minimum absolute atomic E-state index is 0.0259. The maximum atomic E-state index is 14.4. The van der Waals surface area contributed by atoms with Crippen LogP contribution < -0.4 is 15.9 Å². The third kappa shape index (κ3) is 4.47. The van der Waals surface area contributed by atoms with Crippen LogP contribution in [0.2, 0.25) is 5.02 Å². The molecule has 1 aromatic heterocycles. The number of hydrogen-bond acceptors (Lipinski definition) is 3. The Bertz CT molecular complexity index is 1400. The Morgan fingerprint density at radius 2 is 1.79 bits per heavy atom. The number of aromatic amines is 1. The number of carbonyl (C=O) groups is 1. The number of hydrogen-bond donors (Lipinski definition) is 2. The summed E-state index contributed by atoms with van der Waals surface area (Å²) in [6, 6.07) is 16.8. The molecule has 0 aliphatic heterocycles. The molecule has 0 bridgehead atoms. The number of aryl methyl sites for hydroxylation is 2. The van der Waals surface area contributed by atoms with E-state index in [2.05, 4.69) is 10.3 Å². The summed E-state index contributed by atoms with van der Waals surface area (Å²) in [5, 5.41) is 4.40. The average Bonchev–Trinajstić information content (AvgIpc) is 3.16. The molecule has 1 atom stereocenters. The van der Waals surface area contributed by atoms with Gasteiger partial charge in [-0.3, -0.25) is 9.36 Å². The first-order valence-electron chi connectivity index (χ1n) is 10.3. The minimum Gasteiger partial charge on any atom is -0.350 e. The molecule has 5 nitrogen and oxygen atoms in total. The van der Waals surface area contributed by atoms with Gasteiger partial charge in [0.05, 0.1) is 5.30 Å². The third-order valence-electron chi connectivity index (χ3n) is 5.46. The zero-order valence-electron chi connectivity index (χ0n) is 18.4. The first kappa shape index (κ1) is 23.2. The van der Waals surface area contributed by atoms with Crippen LogP contribution in [0.25, 0.3) is 10.9 Å². The second-order valence-corrected chi connectivity index (χ2v) is 10.8. The third-order valence-corrected chi connectivity index (χ3v) is 8.20. The molecule has 170 valence electrons. The fourth-order valence-electron chi connectivity index (χ4n) is 3.97. The van der Waals surface area contributed by atoms with Crippen molar-refractivity contribution in [3.63, 3.8) is 0 Å². The molecule has 0 fully saturated rings. The molecule has 2 N–H and O–H groups in total. The van der Waals surface area contributed by atoms with Gasteiger partial charge in [-0.15, -0.1) is 0 Å². The van der Waals surface area contributed by atoms with Crippen LogP contribution in [-0.4, -0.2) is 18.0 Å². The fraction of sp³-hybridized carbons (Fsp3) is 0.160. The van der Waals surface area contributed by atoms with E-state index >= 15 is 0 Å². The molecule has 0 radical (unpaired) electrons. The van der Waals surface area contributed by atoms with Crippen molar-refractivity contribution in [2.75, 3.05) is 7.11 Å². The minimum atomic E-state index is -3.70. The van der Waals surface area contributed by atoms with Crippen LogP contribution in [0.5, 0.6) is 0 Å². The number of rotatable bonds is 6. The Hall–Kier alpha value is -2.92. The monoisotopic (exact) mass is 484 g/mol. The lowest BCUT2D eigenvalue weighted by Crippen LogP contribution is -2.30. The molecule has 3 aromatic carbocycles. The van der Waals surface area contributed by atoms with E-state index in [4.69, 9.17) is 16.1 Å². The van der Waals surface area contributed by atoms with Crippen LogP contribution >= 0.6 is 19.0 Å². The number of H-pyrrole nitrogens is 1. The molecule has 4 aromatic rings. The van der Waals surface area contributed by atoms with Crippen molar-refractivity contribution in [1.82, 2.24) is 10.3 Å². The van der Waals surface area contributed by atoms with Crippen molar-refractivity contribution in [3.05, 3.63) is 93.9 Å². The highest BCUT2D eigenvalue weighted by molar-refractivity contribution is 7.75. The Morgan fingerprint density at radius 3 is 2.45 bits per heavy atom. The number of amides is 1. The van der Waals surface area contributed by atoms with Gasteiger partial charge in [-0.1, -0.05) is 47.0 Å². The number of halogens is 2. The highest BCUT2D eigenvalue weighted by Crippen LogP contribution is 2.47. The maximum absolute atomic E-state index is 14.4. The van der Waals surface area contributed by atoms with Crippen LogP contribution in [-0.2, 0) is 15.6 Å². The van der Waals surface area contributed by atoms with E-state index < -0.39 is 19.1 Å². The Labute approximate surface area is 196 Å². The van der Waals surface area contributed by atoms with Crippen LogP contribution in [0, 0.1) is 19.7 Å². The standard InChI is InChI=1S/C25H23ClFN2O3P/c1-15-10-16(2)12-19(11-15)33(31,32-3)24-20-13-18(26)8-9-22(20)29-23(24)25(30)28-14-17-6-4-5-7-21(17)27/h4-13,29H,14H2,1-3H3,(H,28,30). The zero-order chi connectivity index (χ0) is 23.8. The van der Waals surface area contributed by atoms with Crippen molar-refractivity contribution in [2.45, 2.75) is 20.4 Å². The highest BCUT2D eigenvalue weighted by atomic mass is 35.5. The zero-order valence-corrected chi connectivity index (χ0v) is 20.1. The molecule has 0 aliphatic rings. The van der Waals surface area contributed by atoms with Crippen LogP contribution in [0.1, 0.15) is 27.2 Å². The van der Waals surface area contributed by atoms with E-state index in [1.165, 1.54) is 13.2 Å². The second kappa shape index (κ2) is 9.14. The molecule has 0 saturated carbocycles. The smallest absolute Gasteiger partial charge is 0.268 e. The summed E-state index contributed by atoms with van der Waals surface area (Å²) in [5.74, 6) is -0.943. The molecule has 0 saturated heterocycles. The molecule has 1 amide bonds. The van der Waals surface area contributed by atoms with Crippen LogP contribution in [0.4, 0.5) is 4.39 Å². The molecular weight excluding hydrogens is 462 g/mol. The first-order chi connectivity index (χ1) is 15.7. The van der Waals surface area contributed by atoms with E-state index in [1.807, 2.05) is 19.9 Å². The van der Waals surface area contributed by atoms with Gasteiger partial charge in [0.2, 0.25) is 0 Å². The van der Waals surface area contributed by atoms with Gasteiger partial charge in [-0.05, 0) is 50.2 Å². The number of nitrogens with one attached hydrogen (secondary N) is 2. The normalized spacial score (nSPS) is 13.1. The van der Waals surface area contributed by atoms with Gasteiger partial charge in [0.15, 0.2) is 0 Å². The van der Waals surface area contributed by atoms with Crippen molar-refractivity contribution < 1.29 is 18.3 Å². The summed E-state index contributed by atoms with van der Waals surface area (Å²) in [5.41, 5.74) is 2.87. The summed E-state index contributed by atoms with van der Waals surface area (Å²) in [7, 11) is -2.33.